The number of carbonyl (C=O) groups is 1. The number of hydrogen-bond acceptors (Lipinski definition) is 5. The van der Waals surface area contributed by atoms with Crippen molar-refractivity contribution in [2.75, 3.05) is 31.6 Å². The Morgan fingerprint density at radius 1 is 1.07 bits per heavy atom. The highest BCUT2D eigenvalue weighted by Crippen LogP contribution is 2.35. The van der Waals surface area contributed by atoms with Gasteiger partial charge in [0.15, 0.2) is 0 Å². The smallest absolute Gasteiger partial charge is 0.264 e. The summed E-state index contributed by atoms with van der Waals surface area (Å²) in [5, 5.41) is 2.77. The van der Waals surface area contributed by atoms with Crippen molar-refractivity contribution in [3.63, 3.8) is 0 Å². The Morgan fingerprint density at radius 2 is 1.76 bits per heavy atom. The molecule has 0 spiro atoms. The lowest BCUT2D eigenvalue weighted by atomic mass is 10.2. The maximum absolute atomic E-state index is 13.4. The molecule has 0 radical (unpaired) electrons. The highest BCUT2D eigenvalue weighted by Gasteiger charge is 2.29. The first-order valence-corrected chi connectivity index (χ1v) is 10.9. The van der Waals surface area contributed by atoms with Crippen molar-refractivity contribution in [3.8, 4) is 11.5 Å². The fraction of sp³-hybridized carbons (Fsp3) is 0.381. The minimum Gasteiger partial charge on any atom is -0.497 e. The van der Waals surface area contributed by atoms with E-state index in [2.05, 4.69) is 5.32 Å². The van der Waals surface area contributed by atoms with E-state index in [1.165, 1.54) is 26.4 Å². The van der Waals surface area contributed by atoms with E-state index in [4.69, 9.17) is 9.47 Å². The first-order valence-electron chi connectivity index (χ1n) is 9.41. The van der Waals surface area contributed by atoms with Crippen molar-refractivity contribution < 1.29 is 22.7 Å². The largest absolute Gasteiger partial charge is 0.497 e. The van der Waals surface area contributed by atoms with Crippen LogP contribution in [0.4, 0.5) is 5.69 Å². The normalized spacial score (nSPS) is 11.0. The topological polar surface area (TPSA) is 84.9 Å². The highest BCUT2D eigenvalue weighted by molar-refractivity contribution is 7.92. The van der Waals surface area contributed by atoms with Gasteiger partial charge >= 0.3 is 0 Å². The molecule has 0 bridgehead atoms. The number of benzene rings is 2. The molecule has 0 saturated heterocycles. The second kappa shape index (κ2) is 10.2. The predicted octanol–water partition coefficient (Wildman–Crippen LogP) is 3.12. The zero-order valence-electron chi connectivity index (χ0n) is 17.3. The van der Waals surface area contributed by atoms with Crippen LogP contribution in [-0.2, 0) is 14.8 Å². The molecule has 0 unspecified atom stereocenters. The third-order valence-corrected chi connectivity index (χ3v) is 6.18. The van der Waals surface area contributed by atoms with E-state index in [1.54, 1.807) is 30.3 Å². The predicted molar refractivity (Wildman–Crippen MR) is 113 cm³/mol. The van der Waals surface area contributed by atoms with Crippen LogP contribution >= 0.6 is 0 Å². The summed E-state index contributed by atoms with van der Waals surface area (Å²) in [6.07, 6.45) is 1.75. The second-order valence-corrected chi connectivity index (χ2v) is 8.43. The summed E-state index contributed by atoms with van der Waals surface area (Å²) in [6.45, 7) is 4.03. The Labute approximate surface area is 172 Å². The van der Waals surface area contributed by atoms with Gasteiger partial charge in [0.05, 0.1) is 24.8 Å². The summed E-state index contributed by atoms with van der Waals surface area (Å²) in [5.74, 6) is 0.430. The summed E-state index contributed by atoms with van der Waals surface area (Å²) in [5.41, 5.74) is 1.20. The molecule has 158 valence electrons. The molecule has 0 heterocycles. The van der Waals surface area contributed by atoms with Crippen LogP contribution in [0.25, 0.3) is 0 Å². The molecule has 7 nitrogen and oxygen atoms in total. The number of rotatable bonds is 10. The van der Waals surface area contributed by atoms with E-state index < -0.39 is 10.0 Å². The van der Waals surface area contributed by atoms with E-state index in [0.717, 1.165) is 22.7 Å². The number of anilines is 1. The minimum absolute atomic E-state index is 0.0994. The number of hydrogen-bond donors (Lipinski definition) is 1. The number of sulfonamides is 1. The second-order valence-electron chi connectivity index (χ2n) is 6.57. The van der Waals surface area contributed by atoms with Crippen molar-refractivity contribution >= 4 is 21.6 Å². The van der Waals surface area contributed by atoms with Gasteiger partial charge in [0.2, 0.25) is 5.91 Å². The molecular formula is C21H28N2O5S. The van der Waals surface area contributed by atoms with Gasteiger partial charge in [-0.2, -0.15) is 0 Å². The lowest BCUT2D eigenvalue weighted by molar-refractivity contribution is -0.119. The van der Waals surface area contributed by atoms with Gasteiger partial charge in [0.1, 0.15) is 18.0 Å². The molecule has 2 rings (SSSR count). The number of methoxy groups -OCH3 is 2. The molecule has 0 aliphatic heterocycles. The van der Waals surface area contributed by atoms with Crippen LogP contribution in [-0.4, -0.2) is 41.6 Å². The fourth-order valence-electron chi connectivity index (χ4n) is 2.72. The van der Waals surface area contributed by atoms with E-state index in [9.17, 15) is 13.2 Å². The highest BCUT2D eigenvalue weighted by atomic mass is 32.2. The van der Waals surface area contributed by atoms with E-state index in [1.807, 2.05) is 13.8 Å². The summed E-state index contributed by atoms with van der Waals surface area (Å²) in [7, 11) is -1.05. The molecule has 0 fully saturated rings. The van der Waals surface area contributed by atoms with Crippen molar-refractivity contribution in [1.82, 2.24) is 5.32 Å². The molecule has 0 aliphatic carbocycles. The van der Waals surface area contributed by atoms with Gasteiger partial charge in [-0.05, 0) is 37.6 Å². The van der Waals surface area contributed by atoms with Crippen LogP contribution in [0.3, 0.4) is 0 Å². The van der Waals surface area contributed by atoms with Crippen molar-refractivity contribution in [1.29, 1.82) is 0 Å². The third-order valence-electron chi connectivity index (χ3n) is 4.40. The van der Waals surface area contributed by atoms with Gasteiger partial charge in [-0.15, -0.1) is 0 Å². The summed E-state index contributed by atoms with van der Waals surface area (Å²) < 4.78 is 38.4. The molecular weight excluding hydrogens is 392 g/mol. The number of nitrogens with one attached hydrogen (secondary N) is 1. The standard InChI is InChI=1S/C21H28N2O5S/c1-5-6-13-22-21(24)15-23(19-12-9-17(27-3)14-20(19)28-4)29(25,26)18-10-7-16(2)8-11-18/h7-12,14H,5-6,13,15H2,1-4H3,(H,22,24). The molecule has 1 amide bonds. The van der Waals surface area contributed by atoms with Gasteiger partial charge in [-0.1, -0.05) is 31.0 Å². The van der Waals surface area contributed by atoms with Crippen molar-refractivity contribution in [2.45, 2.75) is 31.6 Å². The zero-order chi connectivity index (χ0) is 21.4. The first-order chi connectivity index (χ1) is 13.8. The van der Waals surface area contributed by atoms with E-state index in [-0.39, 0.29) is 23.0 Å². The maximum Gasteiger partial charge on any atom is 0.264 e. The quantitative estimate of drug-likeness (QED) is 0.597. The van der Waals surface area contributed by atoms with Gasteiger partial charge in [-0.3, -0.25) is 9.10 Å². The van der Waals surface area contributed by atoms with Gasteiger partial charge in [0, 0.05) is 12.6 Å². The van der Waals surface area contributed by atoms with Crippen molar-refractivity contribution in [2.24, 2.45) is 0 Å². The average Bonchev–Trinajstić information content (AvgIpc) is 2.72. The SMILES string of the molecule is CCCCNC(=O)CN(c1ccc(OC)cc1OC)S(=O)(=O)c1ccc(C)cc1. The third kappa shape index (κ3) is 5.63. The Balaban J connectivity index is 2.48. The molecule has 29 heavy (non-hydrogen) atoms. The van der Waals surface area contributed by atoms with Gasteiger partial charge < -0.3 is 14.8 Å². The fourth-order valence-corrected chi connectivity index (χ4v) is 4.15. The number of carbonyl (C=O) groups excluding carboxylic acids is 1. The molecule has 1 N–H and O–H groups in total. The molecule has 0 aromatic heterocycles. The molecule has 2 aromatic rings. The molecule has 2 aromatic carbocycles. The number of ether oxygens (including phenoxy) is 2. The maximum atomic E-state index is 13.4. The Kier molecular flexibility index (Phi) is 7.90. The van der Waals surface area contributed by atoms with Crippen LogP contribution in [0.1, 0.15) is 25.3 Å². The summed E-state index contributed by atoms with van der Waals surface area (Å²) >= 11 is 0. The first kappa shape index (κ1) is 22.5. The Bertz CT molecular complexity index is 927. The monoisotopic (exact) mass is 420 g/mol. The lowest BCUT2D eigenvalue weighted by Gasteiger charge is -2.26. The zero-order valence-corrected chi connectivity index (χ0v) is 18.1. The van der Waals surface area contributed by atoms with Crippen LogP contribution in [0.15, 0.2) is 47.4 Å². The molecule has 8 heteroatoms. The van der Waals surface area contributed by atoms with Crippen molar-refractivity contribution in [3.05, 3.63) is 48.0 Å². The lowest BCUT2D eigenvalue weighted by Crippen LogP contribution is -2.41. The number of nitrogens with zero attached hydrogens (tertiary/aromatic N) is 1. The number of aryl methyl sites for hydroxylation is 1. The Morgan fingerprint density at radius 3 is 2.34 bits per heavy atom. The van der Waals surface area contributed by atoms with Gasteiger partial charge in [0.25, 0.3) is 10.0 Å². The number of unbranched alkanes of at least 4 members (excludes halogenated alkanes) is 1. The number of amides is 1. The van der Waals surface area contributed by atoms with Gasteiger partial charge in [-0.25, -0.2) is 8.42 Å². The van der Waals surface area contributed by atoms with Crippen LogP contribution in [0, 0.1) is 6.92 Å². The van der Waals surface area contributed by atoms with Crippen LogP contribution in [0.5, 0.6) is 11.5 Å². The van der Waals surface area contributed by atoms with Crippen LogP contribution < -0.4 is 19.1 Å². The Hall–Kier alpha value is -2.74. The molecule has 0 atom stereocenters. The summed E-state index contributed by atoms with van der Waals surface area (Å²) in [6, 6.07) is 11.3. The minimum atomic E-state index is -4.00. The van der Waals surface area contributed by atoms with E-state index in [0.29, 0.717) is 18.0 Å². The summed E-state index contributed by atoms with van der Waals surface area (Å²) in [4.78, 5) is 12.6. The van der Waals surface area contributed by atoms with Crippen LogP contribution in [0.2, 0.25) is 0 Å². The average molecular weight is 421 g/mol. The molecule has 0 saturated carbocycles. The molecule has 0 aliphatic rings. The van der Waals surface area contributed by atoms with E-state index >= 15 is 0 Å².